The van der Waals surface area contributed by atoms with Crippen LogP contribution in [0.3, 0.4) is 0 Å². The molecule has 11 aromatic carbocycles. The van der Waals surface area contributed by atoms with Gasteiger partial charge in [0, 0.05) is 106 Å². The summed E-state index contributed by atoms with van der Waals surface area (Å²) in [5.74, 6) is -11.0. The van der Waals surface area contributed by atoms with E-state index in [1.165, 1.54) is 90.6 Å². The van der Waals surface area contributed by atoms with Crippen molar-refractivity contribution in [1.29, 1.82) is 0 Å². The van der Waals surface area contributed by atoms with Crippen molar-refractivity contribution >= 4 is 11.8 Å². The molecule has 5 aliphatic rings. The number of hydrogen-bond acceptors (Lipinski definition) is 31. The van der Waals surface area contributed by atoms with Crippen LogP contribution in [0.2, 0.25) is 0 Å². The molecule has 0 saturated heterocycles. The maximum atomic E-state index is 12.4. The third kappa shape index (κ3) is 14.7. The second-order valence-corrected chi connectivity index (χ2v) is 29.1. The highest BCUT2D eigenvalue weighted by Gasteiger charge is 2.50. The van der Waals surface area contributed by atoms with Crippen LogP contribution in [0.4, 0.5) is 0 Å². The Bertz CT molecular complexity index is 5530. The fourth-order valence-electron chi connectivity index (χ4n) is 15.0. The van der Waals surface area contributed by atoms with Gasteiger partial charge in [-0.15, -0.1) is 11.8 Å². The first kappa shape index (κ1) is 77.3. The van der Waals surface area contributed by atoms with E-state index in [-0.39, 0.29) is 132 Å². The molecule has 0 aromatic heterocycles. The zero-order valence-electron chi connectivity index (χ0n) is 59.1. The number of hydrogen-bond donors (Lipinski definition) is 25. The second kappa shape index (κ2) is 30.7. The Morgan fingerprint density at radius 3 is 1.17 bits per heavy atom. The summed E-state index contributed by atoms with van der Waals surface area (Å²) in [5.41, 5.74) is 2.47. The van der Waals surface area contributed by atoms with Crippen LogP contribution in [0, 0.1) is 0 Å². The van der Waals surface area contributed by atoms with E-state index in [9.17, 15) is 128 Å². The summed E-state index contributed by atoms with van der Waals surface area (Å²) in [5, 5.41) is 264. The lowest BCUT2D eigenvalue weighted by Gasteiger charge is -2.42. The van der Waals surface area contributed by atoms with Gasteiger partial charge in [0.1, 0.15) is 117 Å². The van der Waals surface area contributed by atoms with E-state index in [0.717, 1.165) is 60.2 Å². The molecule has 11 aromatic rings. The van der Waals surface area contributed by atoms with Crippen LogP contribution in [0.25, 0.3) is 0 Å². The third-order valence-electron chi connectivity index (χ3n) is 20.5. The van der Waals surface area contributed by atoms with Crippen LogP contribution in [0.1, 0.15) is 120 Å². The minimum atomic E-state index is -1.80. The fourth-order valence-corrected chi connectivity index (χ4v) is 16.3. The average Bonchev–Trinajstić information content (AvgIpc) is 0.719. The molecule has 5 aliphatic heterocycles. The molecule has 0 radical (unpaired) electrons. The Morgan fingerprint density at radius 2 is 0.667 bits per heavy atom. The van der Waals surface area contributed by atoms with Gasteiger partial charge in [0.2, 0.25) is 0 Å². The third-order valence-corrected chi connectivity index (χ3v) is 21.9. The number of ether oxygens (including phenoxy) is 5. The highest BCUT2D eigenvalue weighted by Crippen LogP contribution is 2.62. The first-order chi connectivity index (χ1) is 54.3. The van der Waals surface area contributed by atoms with Crippen LogP contribution in [-0.4, -0.2) is 158 Å². The Kier molecular flexibility index (Phi) is 20.8. The van der Waals surface area contributed by atoms with Gasteiger partial charge in [0.25, 0.3) is 0 Å². The van der Waals surface area contributed by atoms with Crippen molar-refractivity contribution in [3.8, 4) is 144 Å². The van der Waals surface area contributed by atoms with Gasteiger partial charge in [0.05, 0.1) is 28.9 Å². The predicted octanol–water partition coefficient (Wildman–Crippen LogP) is 10.2. The Labute approximate surface area is 649 Å². The van der Waals surface area contributed by atoms with E-state index in [0.29, 0.717) is 28.0 Å². The number of rotatable bonds is 11. The van der Waals surface area contributed by atoms with Gasteiger partial charge in [-0.3, -0.25) is 0 Å². The lowest BCUT2D eigenvalue weighted by molar-refractivity contribution is -0.00904. The number of aromatic hydroxyl groups is 20. The summed E-state index contributed by atoms with van der Waals surface area (Å²) in [6.07, 6.45) is -13.2. The Morgan fingerprint density at radius 1 is 0.289 bits per heavy atom. The van der Waals surface area contributed by atoms with Gasteiger partial charge in [-0.2, -0.15) is 0 Å². The van der Waals surface area contributed by atoms with Crippen molar-refractivity contribution in [3.05, 3.63) is 242 Å². The highest BCUT2D eigenvalue weighted by atomic mass is 32.2. The number of aliphatic hydroxyl groups excluding tert-OH is 5. The minimum absolute atomic E-state index is 0.0453. The number of phenolic OH excluding ortho intramolecular Hbond substituents is 20. The molecule has 25 N–H and O–H groups in total. The standard InChI is InChI=1S/C46H40O18.C22H20O6S.C15H14O6/c47-19-10-31(56)37-35(11-19)62-44(18-3-6-25(50)30(55)9-18)41(61)39(37)38-33(58)15-32(57)36-22(40(60)43(64-46(36)38)17-2-5-24(49)29(54)8-17)12-20-26(51)14-27(52)21-13-34(59)42(63-45(20)21)16-1-4-23(48)28(53)7-16;23-14-9-17(26)19-18(10-14)28-21(13-6-7-15(24)16(25)8-13)20(27)22(19)29-11-12-4-2-1-3-5-12;16-8-4-11(18)9-6-13(20)15(21-14(9)5-8)7-1-2-10(17)12(19)3-7/h1-11,14-15,22,34,39-44,47-61H,12-13H2;1-10,20-27H,11H2;1-5,13,15-20H,6H2. The fraction of sp³-hybridized carbons (Fsp3) is 0.205. The number of fused-ring (bicyclic) bond motifs is 5. The summed E-state index contributed by atoms with van der Waals surface area (Å²) in [4.78, 5) is 0. The molecule has 0 fully saturated rings. The Balaban J connectivity index is 0.000000175. The van der Waals surface area contributed by atoms with Crippen LogP contribution in [-0.2, 0) is 25.0 Å². The van der Waals surface area contributed by atoms with E-state index < -0.39 is 154 Å². The van der Waals surface area contributed by atoms with Gasteiger partial charge in [0.15, 0.2) is 75.8 Å². The summed E-state index contributed by atoms with van der Waals surface area (Å²) in [7, 11) is 0. The van der Waals surface area contributed by atoms with Crippen molar-refractivity contribution in [3.63, 3.8) is 0 Å². The zero-order chi connectivity index (χ0) is 81.3. The maximum absolute atomic E-state index is 12.4. The van der Waals surface area contributed by atoms with E-state index in [1.54, 1.807) is 6.07 Å². The van der Waals surface area contributed by atoms with Crippen molar-refractivity contribution in [2.24, 2.45) is 0 Å². The first-order valence-electron chi connectivity index (χ1n) is 35.1. The quantitative estimate of drug-likeness (QED) is 0.0535. The highest BCUT2D eigenvalue weighted by molar-refractivity contribution is 7.98. The van der Waals surface area contributed by atoms with Crippen molar-refractivity contribution < 1.29 is 151 Å². The first-order valence-corrected chi connectivity index (χ1v) is 36.2. The lowest BCUT2D eigenvalue weighted by atomic mass is 9.74. The molecule has 0 aliphatic carbocycles. The molecule has 16 rings (SSSR count). The molecule has 30 nitrogen and oxygen atoms in total. The Hall–Kier alpha value is -13.4. The van der Waals surface area contributed by atoms with Gasteiger partial charge in [-0.05, 0) is 100 Å². The number of aliphatic hydroxyl groups is 5. The van der Waals surface area contributed by atoms with E-state index in [1.807, 2.05) is 30.3 Å². The normalized spacial score (nSPS) is 22.2. The molecule has 0 amide bonds. The molecule has 114 heavy (non-hydrogen) atoms. The summed E-state index contributed by atoms with van der Waals surface area (Å²) in [6.45, 7) is 0. The molecule has 31 heteroatoms. The largest absolute Gasteiger partial charge is 0.508 e. The SMILES string of the molecule is Oc1cc(O)c2c(c1)OC(c1ccc(O)c(O)c1)C(O)C2.Oc1cc(O)c2c(c1)OC(c1ccc(O)c(O)c1)C(O)C2SCc1ccccc1.Oc1cc(O)c2c(c1)OC(c1ccc(O)c(O)c1)C(O)C2c1c(O)cc(O)c2c1OC(c1ccc(O)c(O)c1)C(O)C2Cc1c(O)cc(O)c2c1OC(c1ccc(O)c(O)c1)C(O)C2. The van der Waals surface area contributed by atoms with Gasteiger partial charge >= 0.3 is 0 Å². The average molecular weight is 1580 g/mol. The van der Waals surface area contributed by atoms with Crippen LogP contribution >= 0.6 is 11.8 Å². The molecule has 13 atom stereocenters. The van der Waals surface area contributed by atoms with Crippen LogP contribution in [0.15, 0.2) is 170 Å². The molecule has 0 spiro atoms. The zero-order valence-corrected chi connectivity index (χ0v) is 59.9. The maximum Gasteiger partial charge on any atom is 0.157 e. The van der Waals surface area contributed by atoms with Crippen LogP contribution in [0.5, 0.6) is 144 Å². The topological polar surface area (TPSA) is 552 Å². The lowest BCUT2D eigenvalue weighted by Crippen LogP contribution is -2.38. The van der Waals surface area contributed by atoms with Crippen molar-refractivity contribution in [2.45, 2.75) is 103 Å². The molecule has 5 heterocycles. The number of benzene rings is 11. The van der Waals surface area contributed by atoms with Gasteiger partial charge < -0.3 is 151 Å². The molecular weight excluding hydrogens is 1510 g/mol. The van der Waals surface area contributed by atoms with Crippen molar-refractivity contribution in [1.82, 2.24) is 0 Å². The smallest absolute Gasteiger partial charge is 0.157 e. The summed E-state index contributed by atoms with van der Waals surface area (Å²) < 4.78 is 30.4. The minimum Gasteiger partial charge on any atom is -0.508 e. The molecule has 13 unspecified atom stereocenters. The van der Waals surface area contributed by atoms with E-state index in [2.05, 4.69) is 0 Å². The molecule has 0 bridgehead atoms. The van der Waals surface area contributed by atoms with E-state index in [4.69, 9.17) is 23.7 Å². The molecule has 0 saturated carbocycles. The van der Waals surface area contributed by atoms with Gasteiger partial charge in [-0.25, -0.2) is 0 Å². The predicted molar refractivity (Wildman–Crippen MR) is 401 cm³/mol. The molecule has 592 valence electrons. The van der Waals surface area contributed by atoms with Crippen molar-refractivity contribution in [2.75, 3.05) is 0 Å². The van der Waals surface area contributed by atoms with Gasteiger partial charge in [-0.1, -0.05) is 60.7 Å². The van der Waals surface area contributed by atoms with Crippen LogP contribution < -0.4 is 23.7 Å². The molecular formula is C83H74O30S. The monoisotopic (exact) mass is 1580 g/mol. The second-order valence-electron chi connectivity index (χ2n) is 27.9. The summed E-state index contributed by atoms with van der Waals surface area (Å²) >= 11 is 1.44. The summed E-state index contributed by atoms with van der Waals surface area (Å²) in [6, 6.07) is 38.0. The number of thioether (sulfide) groups is 1. The van der Waals surface area contributed by atoms with E-state index >= 15 is 0 Å². The number of phenols is 20.